The third-order valence-electron chi connectivity index (χ3n) is 4.13. The molecule has 3 rings (SSSR count). The topological polar surface area (TPSA) is 85.4 Å². The maximum absolute atomic E-state index is 12.3. The lowest BCUT2D eigenvalue weighted by molar-refractivity contribution is 0.0945. The second kappa shape index (κ2) is 8.85. The number of aryl methyl sites for hydroxylation is 1. The molecule has 0 saturated heterocycles. The molecule has 0 bridgehead atoms. The van der Waals surface area contributed by atoms with E-state index in [2.05, 4.69) is 20.6 Å². The third-order valence-corrected chi connectivity index (χ3v) is 4.13. The number of carbonyl (C=O) groups excluding carboxylic acids is 1. The van der Waals surface area contributed by atoms with Gasteiger partial charge < -0.3 is 20.1 Å². The normalized spacial score (nSPS) is 10.2. The van der Waals surface area contributed by atoms with Crippen molar-refractivity contribution in [3.05, 3.63) is 71.7 Å². The number of hydrogen-bond acceptors (Lipinski definition) is 6. The minimum atomic E-state index is -0.279. The molecule has 0 aliphatic carbocycles. The largest absolute Gasteiger partial charge is 0.497 e. The predicted octanol–water partition coefficient (Wildman–Crippen LogP) is 3.48. The Kier molecular flexibility index (Phi) is 6.06. The summed E-state index contributed by atoms with van der Waals surface area (Å²) in [6.45, 7) is 2.45. The highest BCUT2D eigenvalue weighted by molar-refractivity contribution is 5.92. The van der Waals surface area contributed by atoms with Gasteiger partial charge in [0, 0.05) is 12.6 Å². The smallest absolute Gasteiger partial charge is 0.271 e. The molecule has 0 aliphatic heterocycles. The van der Waals surface area contributed by atoms with E-state index in [1.54, 1.807) is 32.4 Å². The van der Waals surface area contributed by atoms with E-state index in [1.165, 1.54) is 18.0 Å². The molecule has 0 atom stereocenters. The van der Waals surface area contributed by atoms with Crippen molar-refractivity contribution in [3.63, 3.8) is 0 Å². The van der Waals surface area contributed by atoms with E-state index in [0.29, 0.717) is 29.5 Å². The zero-order chi connectivity index (χ0) is 19.9. The van der Waals surface area contributed by atoms with E-state index in [-0.39, 0.29) is 11.6 Å². The molecule has 0 spiro atoms. The van der Waals surface area contributed by atoms with Crippen molar-refractivity contribution in [3.8, 4) is 11.5 Å². The second-order valence-electron chi connectivity index (χ2n) is 6.15. The van der Waals surface area contributed by atoms with Crippen molar-refractivity contribution in [2.24, 2.45) is 0 Å². The van der Waals surface area contributed by atoms with Gasteiger partial charge in [0.15, 0.2) is 0 Å². The van der Waals surface area contributed by atoms with Gasteiger partial charge in [-0.3, -0.25) is 4.79 Å². The SMILES string of the molecule is COc1ccc(OC)c(Nc2cnc(C(=O)NCc3ccc(C)cc3)cn2)c1. The Labute approximate surface area is 163 Å². The fraction of sp³-hybridized carbons (Fsp3) is 0.190. The van der Waals surface area contributed by atoms with E-state index >= 15 is 0 Å². The molecule has 0 aliphatic rings. The summed E-state index contributed by atoms with van der Waals surface area (Å²) in [5.74, 6) is 1.53. The number of nitrogens with zero attached hydrogens (tertiary/aromatic N) is 2. The Hall–Kier alpha value is -3.61. The molecule has 0 unspecified atom stereocenters. The molecular weight excluding hydrogens is 356 g/mol. The molecule has 7 heteroatoms. The molecule has 2 aromatic carbocycles. The molecule has 1 heterocycles. The Morgan fingerprint density at radius 1 is 1.00 bits per heavy atom. The van der Waals surface area contributed by atoms with Crippen LogP contribution in [0.25, 0.3) is 0 Å². The van der Waals surface area contributed by atoms with Gasteiger partial charge in [0.05, 0.1) is 32.3 Å². The van der Waals surface area contributed by atoms with Gasteiger partial charge in [-0.1, -0.05) is 29.8 Å². The maximum Gasteiger partial charge on any atom is 0.271 e. The van der Waals surface area contributed by atoms with Crippen LogP contribution in [-0.4, -0.2) is 30.1 Å². The number of nitrogens with one attached hydrogen (secondary N) is 2. The number of aromatic nitrogens is 2. The molecule has 7 nitrogen and oxygen atoms in total. The molecule has 0 radical (unpaired) electrons. The van der Waals surface area contributed by atoms with E-state index in [4.69, 9.17) is 9.47 Å². The van der Waals surface area contributed by atoms with Crippen molar-refractivity contribution in [1.82, 2.24) is 15.3 Å². The monoisotopic (exact) mass is 378 g/mol. The minimum Gasteiger partial charge on any atom is -0.497 e. The summed E-state index contributed by atoms with van der Waals surface area (Å²) in [6, 6.07) is 13.4. The van der Waals surface area contributed by atoms with E-state index in [1.807, 2.05) is 31.2 Å². The molecule has 0 saturated carbocycles. The first-order valence-corrected chi connectivity index (χ1v) is 8.74. The molecular formula is C21H22N4O3. The number of methoxy groups -OCH3 is 2. The summed E-state index contributed by atoms with van der Waals surface area (Å²) in [7, 11) is 3.18. The maximum atomic E-state index is 12.3. The van der Waals surface area contributed by atoms with Crippen LogP contribution in [0.5, 0.6) is 11.5 Å². The lowest BCUT2D eigenvalue weighted by atomic mass is 10.1. The van der Waals surface area contributed by atoms with Crippen molar-refractivity contribution in [2.45, 2.75) is 13.5 Å². The van der Waals surface area contributed by atoms with Gasteiger partial charge in [0.1, 0.15) is 23.0 Å². The first-order chi connectivity index (χ1) is 13.6. The average Bonchev–Trinajstić information content (AvgIpc) is 2.73. The van der Waals surface area contributed by atoms with Gasteiger partial charge in [-0.15, -0.1) is 0 Å². The van der Waals surface area contributed by atoms with Gasteiger partial charge in [0.2, 0.25) is 0 Å². The highest BCUT2D eigenvalue weighted by Gasteiger charge is 2.10. The van der Waals surface area contributed by atoms with Crippen molar-refractivity contribution in [1.29, 1.82) is 0 Å². The third kappa shape index (κ3) is 4.76. The summed E-state index contributed by atoms with van der Waals surface area (Å²) in [4.78, 5) is 20.7. The lowest BCUT2D eigenvalue weighted by Crippen LogP contribution is -2.24. The summed E-state index contributed by atoms with van der Waals surface area (Å²) >= 11 is 0. The molecule has 28 heavy (non-hydrogen) atoms. The van der Waals surface area contributed by atoms with Crippen molar-refractivity contribution in [2.75, 3.05) is 19.5 Å². The van der Waals surface area contributed by atoms with Gasteiger partial charge in [-0.25, -0.2) is 9.97 Å². The molecule has 2 N–H and O–H groups in total. The quantitative estimate of drug-likeness (QED) is 0.655. The second-order valence-corrected chi connectivity index (χ2v) is 6.15. The highest BCUT2D eigenvalue weighted by atomic mass is 16.5. The zero-order valence-electron chi connectivity index (χ0n) is 16.0. The van der Waals surface area contributed by atoms with Crippen LogP contribution in [0.1, 0.15) is 21.6 Å². The van der Waals surface area contributed by atoms with Crippen molar-refractivity contribution < 1.29 is 14.3 Å². The summed E-state index contributed by atoms with van der Waals surface area (Å²) in [6.07, 6.45) is 2.93. The van der Waals surface area contributed by atoms with Gasteiger partial charge in [0.25, 0.3) is 5.91 Å². The van der Waals surface area contributed by atoms with E-state index in [9.17, 15) is 4.79 Å². The van der Waals surface area contributed by atoms with Gasteiger partial charge in [-0.05, 0) is 24.6 Å². The molecule has 1 aromatic heterocycles. The Balaban J connectivity index is 1.64. The first kappa shape index (κ1) is 19.2. The van der Waals surface area contributed by atoms with Crippen LogP contribution in [-0.2, 0) is 6.54 Å². The number of hydrogen-bond donors (Lipinski definition) is 2. The standard InChI is InChI=1S/C21H22N4O3/c1-14-4-6-15(7-5-14)11-24-21(26)18-12-23-20(13-22-18)25-17-10-16(27-2)8-9-19(17)28-3/h4-10,12-13H,11H2,1-3H3,(H,23,25)(H,24,26). The number of benzene rings is 2. The fourth-order valence-corrected chi connectivity index (χ4v) is 2.54. The molecule has 3 aromatic rings. The van der Waals surface area contributed by atoms with E-state index < -0.39 is 0 Å². The number of anilines is 2. The van der Waals surface area contributed by atoms with Crippen LogP contribution >= 0.6 is 0 Å². The highest BCUT2D eigenvalue weighted by Crippen LogP contribution is 2.30. The summed E-state index contributed by atoms with van der Waals surface area (Å²) in [5.41, 5.74) is 3.13. The molecule has 144 valence electrons. The molecule has 1 amide bonds. The predicted molar refractivity (Wildman–Crippen MR) is 107 cm³/mol. The Bertz CT molecular complexity index is 941. The number of ether oxygens (including phenoxy) is 2. The van der Waals surface area contributed by atoms with Crippen LogP contribution in [0.2, 0.25) is 0 Å². The van der Waals surface area contributed by atoms with Crippen LogP contribution in [0.15, 0.2) is 54.9 Å². The minimum absolute atomic E-state index is 0.246. The van der Waals surface area contributed by atoms with E-state index in [0.717, 1.165) is 5.56 Å². The lowest BCUT2D eigenvalue weighted by Gasteiger charge is -2.12. The Morgan fingerprint density at radius 3 is 2.43 bits per heavy atom. The Morgan fingerprint density at radius 2 is 1.79 bits per heavy atom. The van der Waals surface area contributed by atoms with Gasteiger partial charge in [-0.2, -0.15) is 0 Å². The number of amides is 1. The number of rotatable bonds is 7. The van der Waals surface area contributed by atoms with Crippen LogP contribution in [0.4, 0.5) is 11.5 Å². The zero-order valence-corrected chi connectivity index (χ0v) is 16.0. The van der Waals surface area contributed by atoms with Crippen LogP contribution < -0.4 is 20.1 Å². The fourth-order valence-electron chi connectivity index (χ4n) is 2.54. The average molecular weight is 378 g/mol. The molecule has 0 fully saturated rings. The van der Waals surface area contributed by atoms with Crippen LogP contribution in [0.3, 0.4) is 0 Å². The summed E-state index contributed by atoms with van der Waals surface area (Å²) in [5, 5.41) is 5.96. The first-order valence-electron chi connectivity index (χ1n) is 8.74. The van der Waals surface area contributed by atoms with Crippen LogP contribution in [0, 0.1) is 6.92 Å². The number of carbonyl (C=O) groups is 1. The summed E-state index contributed by atoms with van der Waals surface area (Å²) < 4.78 is 10.6. The van der Waals surface area contributed by atoms with Crippen molar-refractivity contribution >= 4 is 17.4 Å². The van der Waals surface area contributed by atoms with Gasteiger partial charge >= 0.3 is 0 Å².